The monoisotopic (exact) mass is 422 g/mol. The molecule has 31 heavy (non-hydrogen) atoms. The number of rotatable bonds is 7. The van der Waals surface area contributed by atoms with Crippen molar-refractivity contribution in [2.24, 2.45) is 11.7 Å². The van der Waals surface area contributed by atoms with Crippen molar-refractivity contribution in [2.75, 3.05) is 18.4 Å². The quantitative estimate of drug-likeness (QED) is 0.637. The summed E-state index contributed by atoms with van der Waals surface area (Å²) in [6, 6.07) is 14.2. The van der Waals surface area contributed by atoms with Gasteiger partial charge in [-0.1, -0.05) is 29.8 Å². The minimum atomic E-state index is -0.674. The summed E-state index contributed by atoms with van der Waals surface area (Å²) in [6.45, 7) is 5.94. The van der Waals surface area contributed by atoms with Crippen LogP contribution in [-0.4, -0.2) is 41.8 Å². The minimum Gasteiger partial charge on any atom is -0.369 e. The number of aryl methyl sites for hydroxylation is 1. The molecule has 2 atom stereocenters. The average molecular weight is 423 g/mol. The van der Waals surface area contributed by atoms with Crippen molar-refractivity contribution in [3.05, 3.63) is 65.2 Å². The third kappa shape index (κ3) is 6.39. The van der Waals surface area contributed by atoms with Gasteiger partial charge in [0.2, 0.25) is 11.8 Å². The molecule has 4 N–H and O–H groups in total. The Morgan fingerprint density at radius 3 is 2.58 bits per heavy atom. The number of anilines is 1. The van der Waals surface area contributed by atoms with Gasteiger partial charge in [0.1, 0.15) is 6.04 Å². The number of primary amides is 1. The highest BCUT2D eigenvalue weighted by Crippen LogP contribution is 2.19. The predicted octanol–water partition coefficient (Wildman–Crippen LogP) is 2.45. The molecule has 0 bridgehead atoms. The number of hydrogen-bond acceptors (Lipinski definition) is 4. The van der Waals surface area contributed by atoms with E-state index in [1.807, 2.05) is 43.3 Å². The summed E-state index contributed by atoms with van der Waals surface area (Å²) in [7, 11) is 0. The number of nitrogens with one attached hydrogen (secondary N) is 2. The van der Waals surface area contributed by atoms with Crippen molar-refractivity contribution in [3.63, 3.8) is 0 Å². The van der Waals surface area contributed by atoms with Crippen molar-refractivity contribution in [1.82, 2.24) is 10.2 Å². The van der Waals surface area contributed by atoms with E-state index in [4.69, 9.17) is 5.73 Å². The van der Waals surface area contributed by atoms with E-state index in [1.54, 1.807) is 19.1 Å². The maximum atomic E-state index is 12.5. The topological polar surface area (TPSA) is 105 Å². The van der Waals surface area contributed by atoms with Crippen LogP contribution in [-0.2, 0) is 16.1 Å². The molecular weight excluding hydrogens is 392 g/mol. The Hall–Kier alpha value is -3.19. The van der Waals surface area contributed by atoms with Gasteiger partial charge >= 0.3 is 0 Å². The van der Waals surface area contributed by atoms with Gasteiger partial charge in [0.25, 0.3) is 5.91 Å². The van der Waals surface area contributed by atoms with Crippen LogP contribution in [0.15, 0.2) is 48.5 Å². The number of nitrogens with zero attached hydrogens (tertiary/aromatic N) is 1. The fourth-order valence-corrected chi connectivity index (χ4v) is 3.77. The SMILES string of the molecule is Cc1cccc(C(=O)NC(C)C(=O)Nc2ccc(CN3CCCC(C(N)=O)C3)cc2)c1. The summed E-state index contributed by atoms with van der Waals surface area (Å²) < 4.78 is 0. The molecule has 0 aliphatic carbocycles. The van der Waals surface area contributed by atoms with Crippen LogP contribution in [0.5, 0.6) is 0 Å². The first-order valence-electron chi connectivity index (χ1n) is 10.6. The number of benzene rings is 2. The van der Waals surface area contributed by atoms with Gasteiger partial charge in [-0.2, -0.15) is 0 Å². The lowest BCUT2D eigenvalue weighted by Crippen LogP contribution is -2.41. The molecule has 1 saturated heterocycles. The zero-order chi connectivity index (χ0) is 22.4. The molecule has 1 aliphatic heterocycles. The molecule has 2 aromatic carbocycles. The Labute approximate surface area is 183 Å². The van der Waals surface area contributed by atoms with Gasteiger partial charge in [-0.25, -0.2) is 0 Å². The largest absolute Gasteiger partial charge is 0.369 e. The first-order chi connectivity index (χ1) is 14.8. The third-order valence-electron chi connectivity index (χ3n) is 5.56. The molecule has 0 radical (unpaired) electrons. The summed E-state index contributed by atoms with van der Waals surface area (Å²) in [6.07, 6.45) is 1.82. The van der Waals surface area contributed by atoms with Gasteiger partial charge in [0.05, 0.1) is 5.92 Å². The average Bonchev–Trinajstić information content (AvgIpc) is 2.75. The number of nitrogens with two attached hydrogens (primary N) is 1. The summed E-state index contributed by atoms with van der Waals surface area (Å²) >= 11 is 0. The fraction of sp³-hybridized carbons (Fsp3) is 0.375. The van der Waals surface area contributed by atoms with Crippen LogP contribution in [0.1, 0.15) is 41.3 Å². The van der Waals surface area contributed by atoms with Gasteiger partial charge in [0, 0.05) is 24.3 Å². The molecule has 0 spiro atoms. The third-order valence-corrected chi connectivity index (χ3v) is 5.56. The highest BCUT2D eigenvalue weighted by Gasteiger charge is 2.24. The summed E-state index contributed by atoms with van der Waals surface area (Å²) in [4.78, 5) is 38.5. The Morgan fingerprint density at radius 2 is 1.90 bits per heavy atom. The molecule has 164 valence electrons. The van der Waals surface area contributed by atoms with Crippen molar-refractivity contribution >= 4 is 23.4 Å². The van der Waals surface area contributed by atoms with Gasteiger partial charge in [-0.3, -0.25) is 19.3 Å². The van der Waals surface area contributed by atoms with Gasteiger partial charge in [-0.15, -0.1) is 0 Å². The molecule has 3 rings (SSSR count). The van der Waals surface area contributed by atoms with E-state index >= 15 is 0 Å². The van der Waals surface area contributed by atoms with Crippen molar-refractivity contribution in [3.8, 4) is 0 Å². The zero-order valence-corrected chi connectivity index (χ0v) is 18.1. The van der Waals surface area contributed by atoms with E-state index in [0.29, 0.717) is 17.8 Å². The smallest absolute Gasteiger partial charge is 0.251 e. The Balaban J connectivity index is 1.51. The number of likely N-dealkylation sites (tertiary alicyclic amines) is 1. The number of carbonyl (C=O) groups excluding carboxylic acids is 3. The maximum Gasteiger partial charge on any atom is 0.251 e. The first kappa shape index (κ1) is 22.5. The van der Waals surface area contributed by atoms with E-state index in [1.165, 1.54) is 0 Å². The summed E-state index contributed by atoms with van der Waals surface area (Å²) in [5, 5.41) is 5.56. The predicted molar refractivity (Wildman–Crippen MR) is 120 cm³/mol. The zero-order valence-electron chi connectivity index (χ0n) is 18.1. The summed E-state index contributed by atoms with van der Waals surface area (Å²) in [5.41, 5.74) is 8.73. The lowest BCUT2D eigenvalue weighted by atomic mass is 9.97. The number of amides is 3. The van der Waals surface area contributed by atoms with E-state index in [2.05, 4.69) is 15.5 Å². The molecule has 0 aromatic heterocycles. The maximum absolute atomic E-state index is 12.5. The lowest BCUT2D eigenvalue weighted by Gasteiger charge is -2.31. The van der Waals surface area contributed by atoms with Crippen LogP contribution in [0.25, 0.3) is 0 Å². The van der Waals surface area contributed by atoms with Crippen LogP contribution in [0, 0.1) is 12.8 Å². The Bertz CT molecular complexity index is 942. The van der Waals surface area contributed by atoms with Crippen molar-refractivity contribution < 1.29 is 14.4 Å². The van der Waals surface area contributed by atoms with Crippen LogP contribution in [0.4, 0.5) is 5.69 Å². The second-order valence-electron chi connectivity index (χ2n) is 8.23. The van der Waals surface area contributed by atoms with E-state index < -0.39 is 6.04 Å². The molecule has 7 heteroatoms. The molecule has 2 aromatic rings. The Morgan fingerprint density at radius 1 is 1.16 bits per heavy atom. The highest BCUT2D eigenvalue weighted by molar-refractivity contribution is 6.01. The van der Waals surface area contributed by atoms with Crippen molar-refractivity contribution in [1.29, 1.82) is 0 Å². The Kier molecular flexibility index (Phi) is 7.41. The second-order valence-corrected chi connectivity index (χ2v) is 8.23. The number of hydrogen-bond donors (Lipinski definition) is 3. The molecule has 1 aliphatic rings. The molecule has 0 saturated carbocycles. The second kappa shape index (κ2) is 10.2. The van der Waals surface area contributed by atoms with Crippen LogP contribution >= 0.6 is 0 Å². The number of carbonyl (C=O) groups is 3. The van der Waals surface area contributed by atoms with Gasteiger partial charge < -0.3 is 16.4 Å². The molecule has 3 amide bonds. The molecule has 1 heterocycles. The van der Waals surface area contributed by atoms with Gasteiger partial charge in [0.15, 0.2) is 0 Å². The highest BCUT2D eigenvalue weighted by atomic mass is 16.2. The van der Waals surface area contributed by atoms with E-state index in [9.17, 15) is 14.4 Å². The molecule has 1 fully saturated rings. The van der Waals surface area contributed by atoms with Gasteiger partial charge in [-0.05, 0) is 63.1 Å². The summed E-state index contributed by atoms with van der Waals surface area (Å²) in [5.74, 6) is -0.873. The number of piperidine rings is 1. The van der Waals surface area contributed by atoms with Crippen LogP contribution in [0.2, 0.25) is 0 Å². The fourth-order valence-electron chi connectivity index (χ4n) is 3.77. The lowest BCUT2D eigenvalue weighted by molar-refractivity contribution is -0.123. The minimum absolute atomic E-state index is 0.0798. The normalized spacial score (nSPS) is 17.5. The molecular formula is C24H30N4O3. The molecule has 7 nitrogen and oxygen atoms in total. The first-order valence-corrected chi connectivity index (χ1v) is 10.6. The molecule has 2 unspecified atom stereocenters. The van der Waals surface area contributed by atoms with E-state index in [0.717, 1.165) is 37.1 Å². The van der Waals surface area contributed by atoms with E-state index in [-0.39, 0.29) is 23.6 Å². The van der Waals surface area contributed by atoms with Crippen molar-refractivity contribution in [2.45, 2.75) is 39.3 Å². The standard InChI is InChI=1S/C24H30N4O3/c1-16-5-3-6-19(13-16)24(31)26-17(2)23(30)27-21-10-8-18(9-11-21)14-28-12-4-7-20(15-28)22(25)29/h3,5-6,8-11,13,17,20H,4,7,12,14-15H2,1-2H3,(H2,25,29)(H,26,31)(H,27,30). The van der Waals surface area contributed by atoms with Crippen LogP contribution in [0.3, 0.4) is 0 Å². The van der Waals surface area contributed by atoms with Crippen LogP contribution < -0.4 is 16.4 Å².